The second kappa shape index (κ2) is 7.22. The second-order valence-corrected chi connectivity index (χ2v) is 9.59. The van der Waals surface area contributed by atoms with Gasteiger partial charge in [0, 0.05) is 55.3 Å². The summed E-state index contributed by atoms with van der Waals surface area (Å²) in [4.78, 5) is 8.06. The number of hydrogen-bond acceptors (Lipinski definition) is 4. The van der Waals surface area contributed by atoms with E-state index >= 15 is 0 Å². The Balaban J connectivity index is 2.44. The topological polar surface area (TPSA) is 21.8 Å². The molecule has 0 aromatic heterocycles. The van der Waals surface area contributed by atoms with E-state index in [2.05, 4.69) is 75.5 Å². The van der Waals surface area contributed by atoms with Crippen LogP contribution in [-0.2, 0) is 0 Å². The van der Waals surface area contributed by atoms with Crippen molar-refractivity contribution in [3.63, 3.8) is 0 Å². The Hall–Kier alpha value is -0.160. The van der Waals surface area contributed by atoms with E-state index in [-0.39, 0.29) is 16.5 Å². The molecule has 0 amide bonds. The lowest BCUT2D eigenvalue weighted by Crippen LogP contribution is -2.69. The van der Waals surface area contributed by atoms with Crippen molar-refractivity contribution in [1.29, 1.82) is 0 Å². The Labute approximate surface area is 150 Å². The third-order valence-electron chi connectivity index (χ3n) is 7.99. The third-order valence-corrected chi connectivity index (χ3v) is 7.99. The molecule has 24 heavy (non-hydrogen) atoms. The molecule has 0 saturated carbocycles. The van der Waals surface area contributed by atoms with Crippen LogP contribution in [0.2, 0.25) is 0 Å². The Bertz CT molecular complexity index is 416. The zero-order valence-corrected chi connectivity index (χ0v) is 17.6. The smallest absolute Gasteiger partial charge is 0.0222 e. The fourth-order valence-corrected chi connectivity index (χ4v) is 4.63. The molecule has 2 saturated heterocycles. The molecule has 3 unspecified atom stereocenters. The lowest BCUT2D eigenvalue weighted by atomic mass is 9.61. The van der Waals surface area contributed by atoms with Crippen LogP contribution in [0.25, 0.3) is 0 Å². The largest absolute Gasteiger partial charge is 0.315 e. The van der Waals surface area contributed by atoms with E-state index in [1.807, 2.05) is 0 Å². The van der Waals surface area contributed by atoms with E-state index in [0.29, 0.717) is 6.04 Å². The SMILES string of the molecule is CC1CN2CCCNCCN(CC2)C(C)(C)C(C)(C)C(C)(C)N1C. The Morgan fingerprint density at radius 1 is 0.833 bits per heavy atom. The minimum Gasteiger partial charge on any atom is -0.315 e. The molecule has 4 nitrogen and oxygen atoms in total. The summed E-state index contributed by atoms with van der Waals surface area (Å²) in [6, 6.07) is 0.567. The van der Waals surface area contributed by atoms with Crippen LogP contribution in [0, 0.1) is 5.41 Å². The molecule has 1 N–H and O–H groups in total. The fraction of sp³-hybridized carbons (Fsp3) is 1.00. The van der Waals surface area contributed by atoms with E-state index in [1.165, 1.54) is 32.6 Å². The van der Waals surface area contributed by atoms with Gasteiger partial charge in [-0.2, -0.15) is 0 Å². The molecule has 142 valence electrons. The monoisotopic (exact) mass is 338 g/mol. The summed E-state index contributed by atoms with van der Waals surface area (Å²) in [6.45, 7) is 25.3. The predicted octanol–water partition coefficient (Wildman–Crippen LogP) is 2.50. The lowest BCUT2D eigenvalue weighted by molar-refractivity contribution is -0.105. The average molecular weight is 339 g/mol. The third kappa shape index (κ3) is 3.53. The fourth-order valence-electron chi connectivity index (χ4n) is 4.63. The molecule has 0 aromatic carbocycles. The van der Waals surface area contributed by atoms with Gasteiger partial charge in [0.1, 0.15) is 0 Å². The molecule has 0 spiro atoms. The highest BCUT2D eigenvalue weighted by atomic mass is 15.3. The highest BCUT2D eigenvalue weighted by Gasteiger charge is 2.53. The summed E-state index contributed by atoms with van der Waals surface area (Å²) in [6.07, 6.45) is 1.26. The van der Waals surface area contributed by atoms with E-state index in [0.717, 1.165) is 19.6 Å². The van der Waals surface area contributed by atoms with Crippen molar-refractivity contribution in [2.24, 2.45) is 5.41 Å². The molecule has 2 rings (SSSR count). The molecule has 2 bridgehead atoms. The van der Waals surface area contributed by atoms with Gasteiger partial charge in [-0.3, -0.25) is 9.80 Å². The van der Waals surface area contributed by atoms with Gasteiger partial charge >= 0.3 is 0 Å². The molecular formula is C20H42N4. The average Bonchev–Trinajstić information content (AvgIpc) is 2.50. The van der Waals surface area contributed by atoms with Gasteiger partial charge in [0.2, 0.25) is 0 Å². The van der Waals surface area contributed by atoms with Crippen LogP contribution in [-0.4, -0.2) is 84.7 Å². The highest BCUT2D eigenvalue weighted by Crippen LogP contribution is 2.47. The van der Waals surface area contributed by atoms with Crippen LogP contribution in [0.1, 0.15) is 54.9 Å². The first-order chi connectivity index (χ1) is 11.0. The van der Waals surface area contributed by atoms with Gasteiger partial charge in [-0.25, -0.2) is 0 Å². The van der Waals surface area contributed by atoms with Crippen molar-refractivity contribution in [3.8, 4) is 0 Å². The number of rotatable bonds is 0. The molecule has 2 heterocycles. The number of nitrogens with one attached hydrogen (secondary N) is 1. The van der Waals surface area contributed by atoms with Crippen LogP contribution in [0.4, 0.5) is 0 Å². The number of nitrogens with zero attached hydrogens (tertiary/aromatic N) is 3. The van der Waals surface area contributed by atoms with Gasteiger partial charge in [0.25, 0.3) is 0 Å². The molecular weight excluding hydrogens is 296 g/mol. The minimum atomic E-state index is 0.120. The second-order valence-electron chi connectivity index (χ2n) is 9.59. The van der Waals surface area contributed by atoms with Gasteiger partial charge in [-0.1, -0.05) is 13.8 Å². The van der Waals surface area contributed by atoms with Crippen molar-refractivity contribution in [2.75, 3.05) is 52.9 Å². The van der Waals surface area contributed by atoms with Crippen molar-refractivity contribution < 1.29 is 0 Å². The zero-order chi connectivity index (χ0) is 18.2. The van der Waals surface area contributed by atoms with Gasteiger partial charge in [-0.05, 0) is 61.2 Å². The van der Waals surface area contributed by atoms with Crippen LogP contribution in [0.15, 0.2) is 0 Å². The normalized spacial score (nSPS) is 37.8. The van der Waals surface area contributed by atoms with E-state index < -0.39 is 0 Å². The molecule has 3 atom stereocenters. The van der Waals surface area contributed by atoms with Crippen LogP contribution in [0.5, 0.6) is 0 Å². The van der Waals surface area contributed by atoms with Gasteiger partial charge < -0.3 is 10.2 Å². The molecule has 0 aliphatic carbocycles. The maximum atomic E-state index is 3.65. The molecule has 2 fully saturated rings. The maximum absolute atomic E-state index is 3.65. The maximum Gasteiger partial charge on any atom is 0.0222 e. The van der Waals surface area contributed by atoms with E-state index in [9.17, 15) is 0 Å². The molecule has 2 aliphatic heterocycles. The first kappa shape index (κ1) is 20.2. The van der Waals surface area contributed by atoms with Crippen LogP contribution < -0.4 is 5.32 Å². The molecule has 0 aromatic rings. The summed E-state index contributed by atoms with van der Waals surface area (Å²) in [5.74, 6) is 0. The first-order valence-electron chi connectivity index (χ1n) is 9.93. The highest BCUT2D eigenvalue weighted by molar-refractivity contribution is 5.08. The Morgan fingerprint density at radius 3 is 2.17 bits per heavy atom. The van der Waals surface area contributed by atoms with Crippen LogP contribution >= 0.6 is 0 Å². The lowest BCUT2D eigenvalue weighted by Gasteiger charge is -2.61. The number of fused-ring (bicyclic) bond motifs is 3. The standard InChI is InChI=1S/C20H42N4/c1-17-16-23-12-9-10-21-11-13-24(15-14-23)20(6,7)18(2,3)19(4,5)22(17)8/h17,21H,9-16H2,1-8H3. The van der Waals surface area contributed by atoms with E-state index in [4.69, 9.17) is 0 Å². The van der Waals surface area contributed by atoms with Gasteiger partial charge in [0.15, 0.2) is 0 Å². The number of hydrogen-bond donors (Lipinski definition) is 1. The summed E-state index contributed by atoms with van der Waals surface area (Å²) < 4.78 is 0. The minimum absolute atomic E-state index is 0.120. The van der Waals surface area contributed by atoms with Crippen molar-refractivity contribution >= 4 is 0 Å². The predicted molar refractivity (Wildman–Crippen MR) is 105 cm³/mol. The number of likely N-dealkylation sites (N-methyl/N-ethyl adjacent to an activating group) is 1. The summed E-state index contributed by atoms with van der Waals surface area (Å²) >= 11 is 0. The van der Waals surface area contributed by atoms with Crippen molar-refractivity contribution in [2.45, 2.75) is 72.0 Å². The van der Waals surface area contributed by atoms with Crippen LogP contribution in [0.3, 0.4) is 0 Å². The molecule has 2 aliphatic rings. The van der Waals surface area contributed by atoms with Crippen molar-refractivity contribution in [1.82, 2.24) is 20.0 Å². The quantitative estimate of drug-likeness (QED) is 0.732. The molecule has 0 radical (unpaired) electrons. The Morgan fingerprint density at radius 2 is 1.50 bits per heavy atom. The van der Waals surface area contributed by atoms with Gasteiger partial charge in [0.05, 0.1) is 0 Å². The van der Waals surface area contributed by atoms with Gasteiger partial charge in [-0.15, -0.1) is 0 Å². The summed E-state index contributed by atoms with van der Waals surface area (Å²) in [5, 5.41) is 3.65. The first-order valence-corrected chi connectivity index (χ1v) is 9.93. The van der Waals surface area contributed by atoms with Crippen molar-refractivity contribution in [3.05, 3.63) is 0 Å². The summed E-state index contributed by atoms with van der Waals surface area (Å²) in [7, 11) is 2.33. The summed E-state index contributed by atoms with van der Waals surface area (Å²) in [5.41, 5.74) is 0.415. The zero-order valence-electron chi connectivity index (χ0n) is 17.6. The van der Waals surface area contributed by atoms with E-state index in [1.54, 1.807) is 0 Å². The Kier molecular flexibility index (Phi) is 6.06. The molecule has 4 heteroatoms.